The molecule has 0 saturated heterocycles. The number of methoxy groups -OCH3 is 2. The fourth-order valence-electron chi connectivity index (χ4n) is 3.32. The summed E-state index contributed by atoms with van der Waals surface area (Å²) >= 11 is 0. The molecule has 2 atom stereocenters. The first-order valence-electron chi connectivity index (χ1n) is 10.1. The normalized spacial score (nSPS) is 12.5. The van der Waals surface area contributed by atoms with E-state index in [1.54, 1.807) is 20.3 Å². The van der Waals surface area contributed by atoms with Crippen LogP contribution in [0.3, 0.4) is 0 Å². The van der Waals surface area contributed by atoms with Gasteiger partial charge in [0.05, 0.1) is 19.9 Å². The van der Waals surface area contributed by atoms with Gasteiger partial charge in [-0.1, -0.05) is 64.4 Å². The molecule has 0 aliphatic carbocycles. The Labute approximate surface area is 180 Å². The lowest BCUT2D eigenvalue weighted by molar-refractivity contribution is 0.360. The van der Waals surface area contributed by atoms with Gasteiger partial charge in [-0.2, -0.15) is 0 Å². The van der Waals surface area contributed by atoms with Gasteiger partial charge in [0.1, 0.15) is 5.75 Å². The third kappa shape index (κ3) is 5.40. The zero-order chi connectivity index (χ0) is 21.3. The highest BCUT2D eigenvalue weighted by Crippen LogP contribution is 2.47. The predicted molar refractivity (Wildman–Crippen MR) is 127 cm³/mol. The van der Waals surface area contributed by atoms with E-state index in [0.29, 0.717) is 20.1 Å². The lowest BCUT2D eigenvalue weighted by atomic mass is 10.1. The first-order valence-corrected chi connectivity index (χ1v) is 11.1. The van der Waals surface area contributed by atoms with Crippen molar-refractivity contribution in [2.75, 3.05) is 14.2 Å². The first kappa shape index (κ1) is 21.9. The summed E-state index contributed by atoms with van der Waals surface area (Å²) in [6.45, 7) is 2.16. The topological polar surface area (TPSA) is 51.0 Å². The smallest absolute Gasteiger partial charge is 0.164 e. The van der Waals surface area contributed by atoms with Crippen molar-refractivity contribution in [3.05, 3.63) is 77.9 Å². The SMILES string of the molecule is CCCC(Pc1ccccc1/C=N/c1ccccc1)c1cc(OC)cc(OC)c1O. The van der Waals surface area contributed by atoms with Crippen molar-refractivity contribution in [3.8, 4) is 17.2 Å². The molecule has 0 fully saturated rings. The summed E-state index contributed by atoms with van der Waals surface area (Å²) in [5.41, 5.74) is 3.04. The minimum atomic E-state index is 0.158. The number of hydrogen-bond donors (Lipinski definition) is 1. The third-order valence-electron chi connectivity index (χ3n) is 4.89. The molecule has 0 aliphatic heterocycles. The summed E-state index contributed by atoms with van der Waals surface area (Å²) in [5.74, 6) is 1.32. The summed E-state index contributed by atoms with van der Waals surface area (Å²) in [5, 5.41) is 12.0. The molecule has 1 N–H and O–H groups in total. The molecule has 0 radical (unpaired) electrons. The number of hydrogen-bond acceptors (Lipinski definition) is 4. The van der Waals surface area contributed by atoms with Crippen molar-refractivity contribution in [1.29, 1.82) is 0 Å². The van der Waals surface area contributed by atoms with Crippen LogP contribution in [0.1, 0.15) is 36.6 Å². The zero-order valence-electron chi connectivity index (χ0n) is 17.6. The first-order chi connectivity index (χ1) is 14.7. The summed E-state index contributed by atoms with van der Waals surface area (Å²) in [6.07, 6.45) is 3.89. The minimum Gasteiger partial charge on any atom is -0.504 e. The van der Waals surface area contributed by atoms with E-state index in [9.17, 15) is 5.11 Å². The number of phenolic OH excluding ortho intramolecular Hbond substituents is 1. The second-order valence-corrected chi connectivity index (χ2v) is 8.46. The molecular formula is C25H28NO3P. The fourth-order valence-corrected chi connectivity index (χ4v) is 5.01. The van der Waals surface area contributed by atoms with Gasteiger partial charge < -0.3 is 14.6 Å². The van der Waals surface area contributed by atoms with E-state index in [0.717, 1.165) is 29.7 Å². The monoisotopic (exact) mass is 421 g/mol. The Morgan fingerprint density at radius 1 is 1.00 bits per heavy atom. The van der Waals surface area contributed by atoms with Crippen molar-refractivity contribution < 1.29 is 14.6 Å². The van der Waals surface area contributed by atoms with Crippen LogP contribution in [0, 0.1) is 0 Å². The third-order valence-corrected chi connectivity index (χ3v) is 6.60. The number of para-hydroxylation sites is 1. The number of rotatable bonds is 9. The Kier molecular flexibility index (Phi) is 7.87. The minimum absolute atomic E-state index is 0.158. The van der Waals surface area contributed by atoms with Gasteiger partial charge in [0.15, 0.2) is 11.5 Å². The van der Waals surface area contributed by atoms with Gasteiger partial charge in [0, 0.05) is 29.1 Å². The average Bonchev–Trinajstić information content (AvgIpc) is 2.79. The lowest BCUT2D eigenvalue weighted by Crippen LogP contribution is -2.07. The summed E-state index contributed by atoms with van der Waals surface area (Å²) in [6, 6.07) is 21.9. The molecule has 0 aliphatic rings. The molecule has 0 heterocycles. The highest BCUT2D eigenvalue weighted by Gasteiger charge is 2.21. The molecule has 3 rings (SSSR count). The zero-order valence-corrected chi connectivity index (χ0v) is 18.6. The number of benzene rings is 3. The summed E-state index contributed by atoms with van der Waals surface area (Å²) in [4.78, 5) is 4.63. The second-order valence-electron chi connectivity index (χ2n) is 6.93. The van der Waals surface area contributed by atoms with Crippen LogP contribution in [0.4, 0.5) is 5.69 Å². The second kappa shape index (κ2) is 10.8. The summed E-state index contributed by atoms with van der Waals surface area (Å²) in [7, 11) is 3.66. The molecule has 30 heavy (non-hydrogen) atoms. The van der Waals surface area contributed by atoms with Crippen LogP contribution in [-0.2, 0) is 0 Å². The lowest BCUT2D eigenvalue weighted by Gasteiger charge is -2.21. The van der Waals surface area contributed by atoms with Gasteiger partial charge in [-0.15, -0.1) is 0 Å². The number of phenols is 1. The molecule has 4 nitrogen and oxygen atoms in total. The van der Waals surface area contributed by atoms with Crippen LogP contribution < -0.4 is 14.8 Å². The Balaban J connectivity index is 1.94. The van der Waals surface area contributed by atoms with E-state index < -0.39 is 0 Å². The van der Waals surface area contributed by atoms with Crippen LogP contribution in [0.15, 0.2) is 71.7 Å². The molecular weight excluding hydrogens is 393 g/mol. The van der Waals surface area contributed by atoms with E-state index in [-0.39, 0.29) is 11.4 Å². The molecule has 0 bridgehead atoms. The van der Waals surface area contributed by atoms with Crippen LogP contribution in [0.25, 0.3) is 0 Å². The van der Waals surface area contributed by atoms with E-state index >= 15 is 0 Å². The number of aliphatic imine (C=N–C) groups is 1. The molecule has 5 heteroatoms. The Morgan fingerprint density at radius 2 is 1.73 bits per heavy atom. The molecule has 156 valence electrons. The van der Waals surface area contributed by atoms with Gasteiger partial charge in [0.2, 0.25) is 0 Å². The number of ether oxygens (including phenoxy) is 2. The average molecular weight is 421 g/mol. The van der Waals surface area contributed by atoms with Crippen LogP contribution in [-0.4, -0.2) is 25.5 Å². The van der Waals surface area contributed by atoms with Crippen LogP contribution >= 0.6 is 8.58 Å². The largest absolute Gasteiger partial charge is 0.504 e. The standard InChI is InChI=1S/C25H28NO3P/c1-4-10-24(21-15-20(28-2)16-22(29-3)25(21)27)30-23-14-9-8-11-18(23)17-26-19-12-6-5-7-13-19/h5-9,11-17,24,27,30H,4,10H2,1-3H3/b26-17+. The van der Waals surface area contributed by atoms with Gasteiger partial charge >= 0.3 is 0 Å². The Bertz CT molecular complexity index is 989. The Hall–Kier alpha value is -2.84. The maximum Gasteiger partial charge on any atom is 0.164 e. The quantitative estimate of drug-likeness (QED) is 0.340. The van der Waals surface area contributed by atoms with Crippen molar-refractivity contribution in [1.82, 2.24) is 0 Å². The maximum atomic E-state index is 10.8. The molecule has 0 aromatic heterocycles. The van der Waals surface area contributed by atoms with Gasteiger partial charge in [-0.05, 0) is 29.9 Å². The van der Waals surface area contributed by atoms with Crippen molar-refractivity contribution in [2.24, 2.45) is 4.99 Å². The molecule has 3 aromatic carbocycles. The van der Waals surface area contributed by atoms with E-state index in [2.05, 4.69) is 30.1 Å². The molecule has 3 aromatic rings. The predicted octanol–water partition coefficient (Wildman–Crippen LogP) is 6.01. The van der Waals surface area contributed by atoms with Gasteiger partial charge in [-0.25, -0.2) is 0 Å². The van der Waals surface area contributed by atoms with Crippen molar-refractivity contribution in [3.63, 3.8) is 0 Å². The highest BCUT2D eigenvalue weighted by atomic mass is 31.1. The highest BCUT2D eigenvalue weighted by molar-refractivity contribution is 7.47. The van der Waals surface area contributed by atoms with Crippen molar-refractivity contribution in [2.45, 2.75) is 25.4 Å². The molecule has 0 amide bonds. The van der Waals surface area contributed by atoms with Gasteiger partial charge in [-0.3, -0.25) is 4.99 Å². The summed E-state index contributed by atoms with van der Waals surface area (Å²) < 4.78 is 10.8. The number of nitrogens with zero attached hydrogens (tertiary/aromatic N) is 1. The molecule has 2 unspecified atom stereocenters. The van der Waals surface area contributed by atoms with Gasteiger partial charge in [0.25, 0.3) is 0 Å². The van der Waals surface area contributed by atoms with E-state index in [1.165, 1.54) is 5.30 Å². The van der Waals surface area contributed by atoms with Crippen LogP contribution in [0.5, 0.6) is 17.2 Å². The van der Waals surface area contributed by atoms with E-state index in [1.807, 2.05) is 48.7 Å². The Morgan fingerprint density at radius 3 is 2.43 bits per heavy atom. The maximum absolute atomic E-state index is 10.8. The van der Waals surface area contributed by atoms with Crippen molar-refractivity contribution >= 4 is 25.8 Å². The molecule has 0 spiro atoms. The van der Waals surface area contributed by atoms with E-state index in [4.69, 9.17) is 9.47 Å². The number of aromatic hydroxyl groups is 1. The van der Waals surface area contributed by atoms with Crippen LogP contribution in [0.2, 0.25) is 0 Å². The molecule has 0 saturated carbocycles. The fraction of sp³-hybridized carbons (Fsp3) is 0.240.